The lowest BCUT2D eigenvalue weighted by Gasteiger charge is -2.08. The molecule has 0 spiro atoms. The van der Waals surface area contributed by atoms with Crippen LogP contribution in [0.4, 0.5) is 0 Å². The number of aliphatic hydroxyl groups excluding tert-OH is 1. The second-order valence-electron chi connectivity index (χ2n) is 2.83. The van der Waals surface area contributed by atoms with Crippen molar-refractivity contribution in [3.05, 3.63) is 34.9 Å². The third-order valence-electron chi connectivity index (χ3n) is 1.84. The van der Waals surface area contributed by atoms with Crippen molar-refractivity contribution < 1.29 is 14.6 Å². The second kappa shape index (κ2) is 4.98. The number of methoxy groups -OCH3 is 1. The van der Waals surface area contributed by atoms with Gasteiger partial charge in [0.15, 0.2) is 6.10 Å². The van der Waals surface area contributed by atoms with E-state index in [1.54, 1.807) is 24.3 Å². The summed E-state index contributed by atoms with van der Waals surface area (Å²) in [5, 5.41) is 9.90. The summed E-state index contributed by atoms with van der Waals surface area (Å²) >= 11 is 5.85. The van der Waals surface area contributed by atoms with Crippen LogP contribution < -0.4 is 0 Å². The van der Waals surface area contributed by atoms with Crippen molar-refractivity contribution >= 4 is 17.6 Å². The summed E-state index contributed by atoms with van der Waals surface area (Å²) in [6.07, 6.45) is -0.980. The fourth-order valence-electron chi connectivity index (χ4n) is 1.09. The highest BCUT2D eigenvalue weighted by molar-refractivity contribution is 6.31. The SMILES string of the molecule is COC(=O)C(O)Cc1ccccc1Cl. The molecule has 0 aliphatic heterocycles. The molecule has 3 nitrogen and oxygen atoms in total. The molecule has 4 heteroatoms. The van der Waals surface area contributed by atoms with Gasteiger partial charge in [0.1, 0.15) is 0 Å². The Morgan fingerprint density at radius 3 is 2.79 bits per heavy atom. The smallest absolute Gasteiger partial charge is 0.335 e. The van der Waals surface area contributed by atoms with Crippen LogP contribution in [0.5, 0.6) is 0 Å². The maximum Gasteiger partial charge on any atom is 0.335 e. The van der Waals surface area contributed by atoms with Crippen molar-refractivity contribution in [1.29, 1.82) is 0 Å². The van der Waals surface area contributed by atoms with Crippen LogP contribution in [-0.2, 0) is 16.0 Å². The van der Waals surface area contributed by atoms with Crippen molar-refractivity contribution in [2.75, 3.05) is 7.11 Å². The number of carbonyl (C=O) groups excluding carboxylic acids is 1. The van der Waals surface area contributed by atoms with Gasteiger partial charge in [-0.1, -0.05) is 29.8 Å². The standard InChI is InChI=1S/C10H11ClO3/c1-14-10(13)9(12)6-7-4-2-3-5-8(7)11/h2-5,9,12H,6H2,1H3. The van der Waals surface area contributed by atoms with E-state index < -0.39 is 12.1 Å². The summed E-state index contributed by atoms with van der Waals surface area (Å²) < 4.78 is 4.39. The van der Waals surface area contributed by atoms with Crippen LogP contribution in [0.3, 0.4) is 0 Å². The van der Waals surface area contributed by atoms with E-state index in [4.69, 9.17) is 11.6 Å². The molecule has 1 rings (SSSR count). The predicted octanol–water partition coefficient (Wildman–Crippen LogP) is 1.42. The summed E-state index contributed by atoms with van der Waals surface area (Å²) in [7, 11) is 1.23. The molecule has 1 atom stereocenters. The molecule has 0 bridgehead atoms. The number of halogens is 1. The molecule has 1 aromatic rings. The molecule has 0 radical (unpaired) electrons. The predicted molar refractivity (Wildman–Crippen MR) is 53.2 cm³/mol. The van der Waals surface area contributed by atoms with Gasteiger partial charge in [0.05, 0.1) is 7.11 Å². The summed E-state index contributed by atoms with van der Waals surface area (Å²) in [6, 6.07) is 7.05. The fourth-order valence-corrected chi connectivity index (χ4v) is 1.30. The van der Waals surface area contributed by atoms with Crippen molar-refractivity contribution in [3.63, 3.8) is 0 Å². The number of hydrogen-bond acceptors (Lipinski definition) is 3. The highest BCUT2D eigenvalue weighted by Gasteiger charge is 2.16. The van der Waals surface area contributed by atoms with Crippen LogP contribution in [-0.4, -0.2) is 24.3 Å². The normalized spacial score (nSPS) is 12.2. The number of esters is 1. The monoisotopic (exact) mass is 214 g/mol. The summed E-state index contributed by atoms with van der Waals surface area (Å²) in [5.74, 6) is -0.648. The molecule has 0 amide bonds. The minimum Gasteiger partial charge on any atom is -0.467 e. The van der Waals surface area contributed by atoms with Crippen molar-refractivity contribution in [2.24, 2.45) is 0 Å². The Labute approximate surface area is 87.3 Å². The molecular weight excluding hydrogens is 204 g/mol. The van der Waals surface area contributed by atoms with Gasteiger partial charge >= 0.3 is 5.97 Å². The number of hydrogen-bond donors (Lipinski definition) is 1. The van der Waals surface area contributed by atoms with E-state index in [2.05, 4.69) is 4.74 Å². The molecule has 0 fully saturated rings. The first-order chi connectivity index (χ1) is 6.65. The van der Waals surface area contributed by atoms with Crippen LogP contribution in [0.2, 0.25) is 5.02 Å². The van der Waals surface area contributed by atoms with Crippen molar-refractivity contribution in [2.45, 2.75) is 12.5 Å². The molecule has 0 aliphatic rings. The van der Waals surface area contributed by atoms with E-state index >= 15 is 0 Å². The van der Waals surface area contributed by atoms with Gasteiger partial charge in [-0.15, -0.1) is 0 Å². The lowest BCUT2D eigenvalue weighted by Crippen LogP contribution is -2.24. The molecular formula is C10H11ClO3. The van der Waals surface area contributed by atoms with E-state index in [9.17, 15) is 9.90 Å². The average molecular weight is 215 g/mol. The largest absolute Gasteiger partial charge is 0.467 e. The molecule has 0 heterocycles. The van der Waals surface area contributed by atoms with Gasteiger partial charge in [-0.25, -0.2) is 4.79 Å². The number of aliphatic hydroxyl groups is 1. The molecule has 0 aromatic heterocycles. The topological polar surface area (TPSA) is 46.5 Å². The average Bonchev–Trinajstić information content (AvgIpc) is 2.20. The van der Waals surface area contributed by atoms with Crippen molar-refractivity contribution in [3.8, 4) is 0 Å². The lowest BCUT2D eigenvalue weighted by molar-refractivity contribution is -0.150. The van der Waals surface area contributed by atoms with E-state index in [-0.39, 0.29) is 6.42 Å². The van der Waals surface area contributed by atoms with Crippen LogP contribution in [0.15, 0.2) is 24.3 Å². The van der Waals surface area contributed by atoms with Crippen LogP contribution >= 0.6 is 11.6 Å². The van der Waals surface area contributed by atoms with Crippen LogP contribution in [0, 0.1) is 0 Å². The molecule has 1 aromatic carbocycles. The third kappa shape index (κ3) is 2.72. The Morgan fingerprint density at radius 1 is 1.57 bits per heavy atom. The lowest BCUT2D eigenvalue weighted by atomic mass is 10.1. The first-order valence-corrected chi connectivity index (χ1v) is 4.52. The van der Waals surface area contributed by atoms with Crippen molar-refractivity contribution in [1.82, 2.24) is 0 Å². The Morgan fingerprint density at radius 2 is 2.21 bits per heavy atom. The van der Waals surface area contributed by atoms with Gasteiger partial charge < -0.3 is 9.84 Å². The third-order valence-corrected chi connectivity index (χ3v) is 2.21. The van der Waals surface area contributed by atoms with E-state index in [0.29, 0.717) is 5.02 Å². The van der Waals surface area contributed by atoms with Gasteiger partial charge in [-0.2, -0.15) is 0 Å². The highest BCUT2D eigenvalue weighted by Crippen LogP contribution is 2.16. The molecule has 14 heavy (non-hydrogen) atoms. The van der Waals surface area contributed by atoms with E-state index in [1.807, 2.05) is 0 Å². The van der Waals surface area contributed by atoms with E-state index in [0.717, 1.165) is 5.56 Å². The highest BCUT2D eigenvalue weighted by atomic mass is 35.5. The van der Waals surface area contributed by atoms with Crippen LogP contribution in [0.1, 0.15) is 5.56 Å². The molecule has 76 valence electrons. The zero-order valence-corrected chi connectivity index (χ0v) is 8.49. The number of rotatable bonds is 3. The summed E-state index contributed by atoms with van der Waals surface area (Å²) in [4.78, 5) is 10.9. The Hall–Kier alpha value is -1.06. The number of ether oxygens (including phenoxy) is 1. The number of carbonyl (C=O) groups is 1. The first-order valence-electron chi connectivity index (χ1n) is 4.14. The Bertz CT molecular complexity index is 325. The molecule has 0 saturated carbocycles. The van der Waals surface area contributed by atoms with E-state index in [1.165, 1.54) is 7.11 Å². The van der Waals surface area contributed by atoms with Crippen LogP contribution in [0.25, 0.3) is 0 Å². The maximum absolute atomic E-state index is 10.9. The second-order valence-corrected chi connectivity index (χ2v) is 3.24. The zero-order valence-electron chi connectivity index (χ0n) is 7.74. The molecule has 0 aliphatic carbocycles. The van der Waals surface area contributed by atoms with Gasteiger partial charge in [-0.05, 0) is 11.6 Å². The van der Waals surface area contributed by atoms with Gasteiger partial charge in [0.2, 0.25) is 0 Å². The summed E-state index contributed by atoms with van der Waals surface area (Å²) in [5.41, 5.74) is 0.729. The van der Waals surface area contributed by atoms with Gasteiger partial charge in [-0.3, -0.25) is 0 Å². The number of benzene rings is 1. The first kappa shape index (κ1) is 11.0. The maximum atomic E-state index is 10.9. The Balaban J connectivity index is 2.69. The summed E-state index contributed by atoms with van der Waals surface area (Å²) in [6.45, 7) is 0. The molecule has 1 N–H and O–H groups in total. The molecule has 1 unspecified atom stereocenters. The van der Waals surface area contributed by atoms with Gasteiger partial charge in [0, 0.05) is 11.4 Å². The molecule has 0 saturated heterocycles. The minimum absolute atomic E-state index is 0.173. The quantitative estimate of drug-likeness (QED) is 0.775. The fraction of sp³-hybridized carbons (Fsp3) is 0.300. The Kier molecular flexibility index (Phi) is 3.92. The van der Waals surface area contributed by atoms with Gasteiger partial charge in [0.25, 0.3) is 0 Å². The zero-order chi connectivity index (χ0) is 10.6. The minimum atomic E-state index is -1.15.